The molecule has 1 aliphatic carbocycles. The van der Waals surface area contributed by atoms with Gasteiger partial charge in [-0.15, -0.1) is 18.3 Å². The number of rotatable bonds is 7. The third-order valence-electron chi connectivity index (χ3n) is 3.56. The number of hydrogen-bond donors (Lipinski definition) is 1. The molecule has 1 aromatic rings. The third-order valence-corrected chi connectivity index (χ3v) is 4.63. The monoisotopic (exact) mass is 261 g/mol. The van der Waals surface area contributed by atoms with E-state index in [0.717, 1.165) is 11.7 Å². The van der Waals surface area contributed by atoms with Crippen molar-refractivity contribution < 1.29 is 0 Å². The van der Waals surface area contributed by atoms with Gasteiger partial charge in [0.15, 0.2) is 0 Å². The highest BCUT2D eigenvalue weighted by molar-refractivity contribution is 7.99. The van der Waals surface area contributed by atoms with Crippen molar-refractivity contribution in [2.45, 2.75) is 43.5 Å². The molecule has 2 rings (SSSR count). The van der Waals surface area contributed by atoms with E-state index < -0.39 is 0 Å². The first-order valence-electron chi connectivity index (χ1n) is 6.89. The van der Waals surface area contributed by atoms with Gasteiger partial charge in [0.1, 0.15) is 0 Å². The molecule has 1 unspecified atom stereocenters. The molecule has 0 heterocycles. The summed E-state index contributed by atoms with van der Waals surface area (Å²) in [6.07, 6.45) is 7.56. The number of anilines is 1. The highest BCUT2D eigenvalue weighted by Gasteiger charge is 2.20. The fourth-order valence-electron chi connectivity index (χ4n) is 2.41. The fourth-order valence-corrected chi connectivity index (χ4v) is 3.17. The van der Waals surface area contributed by atoms with Gasteiger partial charge in [-0.05, 0) is 31.4 Å². The summed E-state index contributed by atoms with van der Waals surface area (Å²) in [6.45, 7) is 6.08. The highest BCUT2D eigenvalue weighted by atomic mass is 32.2. The number of para-hydroxylation sites is 1. The molecule has 0 spiro atoms. The van der Waals surface area contributed by atoms with E-state index in [1.165, 1.54) is 36.3 Å². The normalized spacial score (nSPS) is 16.9. The molecule has 2 heteroatoms. The van der Waals surface area contributed by atoms with E-state index >= 15 is 0 Å². The molecule has 0 radical (unpaired) electrons. The third kappa shape index (κ3) is 3.81. The van der Waals surface area contributed by atoms with Crippen LogP contribution in [0.15, 0.2) is 41.8 Å². The van der Waals surface area contributed by atoms with Crippen LogP contribution >= 0.6 is 11.8 Å². The van der Waals surface area contributed by atoms with Crippen LogP contribution in [0.2, 0.25) is 0 Å². The van der Waals surface area contributed by atoms with Gasteiger partial charge >= 0.3 is 0 Å². The molecular weight excluding hydrogens is 238 g/mol. The first kappa shape index (κ1) is 13.5. The second-order valence-corrected chi connectivity index (χ2v) is 6.24. The van der Waals surface area contributed by atoms with E-state index in [1.807, 2.05) is 17.8 Å². The average Bonchev–Trinajstić information content (AvgIpc) is 2.33. The zero-order chi connectivity index (χ0) is 12.8. The van der Waals surface area contributed by atoms with Crippen LogP contribution in [-0.4, -0.2) is 11.8 Å². The second-order valence-electron chi connectivity index (χ2n) is 5.17. The van der Waals surface area contributed by atoms with Gasteiger partial charge in [0.25, 0.3) is 0 Å². The minimum absolute atomic E-state index is 0.570. The maximum Gasteiger partial charge on any atom is 0.0480 e. The van der Waals surface area contributed by atoms with Crippen LogP contribution in [0, 0.1) is 5.92 Å². The number of hydrogen-bond acceptors (Lipinski definition) is 2. The lowest BCUT2D eigenvalue weighted by Gasteiger charge is -2.29. The Kier molecular flexibility index (Phi) is 5.18. The van der Waals surface area contributed by atoms with Gasteiger partial charge in [-0.1, -0.05) is 37.5 Å². The largest absolute Gasteiger partial charge is 0.382 e. The van der Waals surface area contributed by atoms with Crippen LogP contribution in [0.3, 0.4) is 0 Å². The summed E-state index contributed by atoms with van der Waals surface area (Å²) >= 11 is 1.85. The smallest absolute Gasteiger partial charge is 0.0480 e. The molecule has 0 aromatic heterocycles. The quantitative estimate of drug-likeness (QED) is 0.550. The molecule has 1 nitrogen and oxygen atoms in total. The molecule has 0 aliphatic heterocycles. The lowest BCUT2D eigenvalue weighted by molar-refractivity contribution is 0.286. The van der Waals surface area contributed by atoms with Crippen molar-refractivity contribution in [2.24, 2.45) is 5.92 Å². The van der Waals surface area contributed by atoms with Gasteiger partial charge in [0, 0.05) is 22.4 Å². The van der Waals surface area contributed by atoms with Crippen molar-refractivity contribution in [3.8, 4) is 0 Å². The predicted molar refractivity (Wildman–Crippen MR) is 82.4 cm³/mol. The maximum atomic E-state index is 3.78. The Morgan fingerprint density at radius 1 is 1.44 bits per heavy atom. The van der Waals surface area contributed by atoms with E-state index in [2.05, 4.69) is 43.1 Å². The van der Waals surface area contributed by atoms with Crippen LogP contribution in [0.1, 0.15) is 32.6 Å². The van der Waals surface area contributed by atoms with Crippen molar-refractivity contribution >= 4 is 17.4 Å². The summed E-state index contributed by atoms with van der Waals surface area (Å²) < 4.78 is 0. The van der Waals surface area contributed by atoms with Crippen molar-refractivity contribution in [3.05, 3.63) is 36.9 Å². The Hall–Kier alpha value is -0.890. The summed E-state index contributed by atoms with van der Waals surface area (Å²) in [5, 5.41) is 3.66. The summed E-state index contributed by atoms with van der Waals surface area (Å²) in [4.78, 5) is 1.33. The summed E-state index contributed by atoms with van der Waals surface area (Å²) in [5.41, 5.74) is 1.27. The van der Waals surface area contributed by atoms with E-state index in [1.54, 1.807) is 0 Å². The van der Waals surface area contributed by atoms with Crippen LogP contribution in [-0.2, 0) is 0 Å². The Balaban J connectivity index is 1.91. The molecule has 0 bridgehead atoms. The second kappa shape index (κ2) is 6.89. The average molecular weight is 261 g/mol. The van der Waals surface area contributed by atoms with Gasteiger partial charge in [-0.25, -0.2) is 0 Å². The lowest BCUT2D eigenvalue weighted by Crippen LogP contribution is -2.23. The van der Waals surface area contributed by atoms with E-state index in [-0.39, 0.29) is 0 Å². The minimum Gasteiger partial charge on any atom is -0.382 e. The summed E-state index contributed by atoms with van der Waals surface area (Å²) in [5.74, 6) is 1.93. The molecule has 1 aliphatic rings. The molecule has 0 saturated heterocycles. The molecular formula is C16H23NS. The first-order chi connectivity index (χ1) is 8.79. The van der Waals surface area contributed by atoms with Gasteiger partial charge in [-0.2, -0.15) is 0 Å². The fraction of sp³-hybridized carbons (Fsp3) is 0.500. The zero-order valence-corrected chi connectivity index (χ0v) is 12.0. The predicted octanol–water partition coefficient (Wildman–Crippen LogP) is 4.96. The zero-order valence-electron chi connectivity index (χ0n) is 11.2. The molecule has 1 aromatic carbocycles. The molecule has 0 amide bonds. The Bertz CT molecular complexity index is 384. The van der Waals surface area contributed by atoms with Crippen LogP contribution < -0.4 is 5.32 Å². The van der Waals surface area contributed by atoms with Gasteiger partial charge in [0.05, 0.1) is 0 Å². The van der Waals surface area contributed by atoms with Crippen molar-refractivity contribution in [1.82, 2.24) is 0 Å². The number of benzene rings is 1. The Morgan fingerprint density at radius 2 is 2.22 bits per heavy atom. The van der Waals surface area contributed by atoms with E-state index in [4.69, 9.17) is 0 Å². The van der Waals surface area contributed by atoms with Crippen LogP contribution in [0.4, 0.5) is 5.69 Å². The van der Waals surface area contributed by atoms with Gasteiger partial charge in [0.2, 0.25) is 0 Å². The Morgan fingerprint density at radius 3 is 2.89 bits per heavy atom. The van der Waals surface area contributed by atoms with Crippen LogP contribution in [0.5, 0.6) is 0 Å². The summed E-state index contributed by atoms with van der Waals surface area (Å²) in [7, 11) is 0. The number of nitrogens with one attached hydrogen (secondary N) is 1. The standard InChI is InChI=1S/C16H23NS/c1-3-11-18-16-10-5-4-9-15(16)17-13(2)12-14-7-6-8-14/h3-5,9-10,13-14,17H,1,6-8,11-12H2,2H3. The molecule has 1 saturated carbocycles. The number of thioether (sulfide) groups is 1. The Labute approximate surface area is 115 Å². The SMILES string of the molecule is C=CCSc1ccccc1NC(C)CC1CCC1. The highest BCUT2D eigenvalue weighted by Crippen LogP contribution is 2.32. The van der Waals surface area contributed by atoms with Crippen molar-refractivity contribution in [3.63, 3.8) is 0 Å². The van der Waals surface area contributed by atoms with Crippen molar-refractivity contribution in [2.75, 3.05) is 11.1 Å². The lowest BCUT2D eigenvalue weighted by atomic mass is 9.81. The first-order valence-corrected chi connectivity index (χ1v) is 7.87. The van der Waals surface area contributed by atoms with Gasteiger partial charge in [-0.3, -0.25) is 0 Å². The topological polar surface area (TPSA) is 12.0 Å². The van der Waals surface area contributed by atoms with Gasteiger partial charge < -0.3 is 5.32 Å². The minimum atomic E-state index is 0.570. The molecule has 1 fully saturated rings. The van der Waals surface area contributed by atoms with E-state index in [9.17, 15) is 0 Å². The molecule has 1 N–H and O–H groups in total. The molecule has 18 heavy (non-hydrogen) atoms. The van der Waals surface area contributed by atoms with Crippen LogP contribution in [0.25, 0.3) is 0 Å². The molecule has 98 valence electrons. The van der Waals surface area contributed by atoms with Crippen molar-refractivity contribution in [1.29, 1.82) is 0 Å². The molecule has 1 atom stereocenters. The van der Waals surface area contributed by atoms with E-state index in [0.29, 0.717) is 6.04 Å². The summed E-state index contributed by atoms with van der Waals surface area (Å²) in [6, 6.07) is 9.15. The maximum absolute atomic E-state index is 3.78.